The zero-order valence-electron chi connectivity index (χ0n) is 6.31. The van der Waals surface area contributed by atoms with Gasteiger partial charge in [-0.2, -0.15) is 0 Å². The molecule has 2 aliphatic rings. The first-order chi connectivity index (χ1) is 4.86. The Kier molecular flexibility index (Phi) is 1.30. The molecule has 54 valence electrons. The van der Waals surface area contributed by atoms with Crippen molar-refractivity contribution >= 4 is 0 Å². The van der Waals surface area contributed by atoms with Crippen molar-refractivity contribution in [2.24, 2.45) is 0 Å². The molecule has 0 saturated carbocycles. The van der Waals surface area contributed by atoms with E-state index in [0.717, 1.165) is 6.61 Å². The average Bonchev–Trinajstić information content (AvgIpc) is 2.33. The molecule has 1 aliphatic carbocycles. The summed E-state index contributed by atoms with van der Waals surface area (Å²) in [5.74, 6) is 1.17. The van der Waals surface area contributed by atoms with Gasteiger partial charge in [-0.1, -0.05) is 5.57 Å². The fourth-order valence-corrected chi connectivity index (χ4v) is 1.55. The van der Waals surface area contributed by atoms with Gasteiger partial charge in [-0.15, -0.1) is 0 Å². The van der Waals surface area contributed by atoms with Crippen molar-refractivity contribution in [3.63, 3.8) is 0 Å². The quantitative estimate of drug-likeness (QED) is 0.497. The van der Waals surface area contributed by atoms with Crippen LogP contribution < -0.4 is 0 Å². The topological polar surface area (TPSA) is 9.23 Å². The zero-order chi connectivity index (χ0) is 6.97. The van der Waals surface area contributed by atoms with E-state index in [4.69, 9.17) is 4.74 Å². The van der Waals surface area contributed by atoms with Crippen LogP contribution in [0.1, 0.15) is 26.2 Å². The van der Waals surface area contributed by atoms with Crippen LogP contribution in [0.3, 0.4) is 0 Å². The molecule has 0 aromatic rings. The fraction of sp³-hybridized carbons (Fsp3) is 0.556. The minimum absolute atomic E-state index is 0.911. The van der Waals surface area contributed by atoms with Gasteiger partial charge in [0.15, 0.2) is 0 Å². The van der Waals surface area contributed by atoms with Crippen molar-refractivity contribution in [2.45, 2.75) is 26.2 Å². The summed E-state index contributed by atoms with van der Waals surface area (Å²) >= 11 is 0. The molecule has 1 heteroatoms. The third-order valence-electron chi connectivity index (χ3n) is 2.21. The molecule has 1 heterocycles. The summed E-state index contributed by atoms with van der Waals surface area (Å²) in [6, 6.07) is 0. The predicted octanol–water partition coefficient (Wildman–Crippen LogP) is 2.40. The Balaban J connectivity index is 2.29. The Labute approximate surface area is 61.4 Å². The van der Waals surface area contributed by atoms with Crippen molar-refractivity contribution in [2.75, 3.05) is 6.61 Å². The molecule has 0 amide bonds. The summed E-state index contributed by atoms with van der Waals surface area (Å²) in [7, 11) is 0. The normalized spacial score (nSPS) is 23.9. The Bertz CT molecular complexity index is 211. The third kappa shape index (κ3) is 0.859. The molecule has 0 fully saturated rings. The van der Waals surface area contributed by atoms with Crippen LogP contribution in [0.15, 0.2) is 23.0 Å². The summed E-state index contributed by atoms with van der Waals surface area (Å²) < 4.78 is 5.43. The molecule has 1 aliphatic heterocycles. The summed E-state index contributed by atoms with van der Waals surface area (Å²) in [5, 5.41) is 0. The minimum Gasteiger partial charge on any atom is -0.493 e. The van der Waals surface area contributed by atoms with Crippen molar-refractivity contribution < 1.29 is 4.74 Å². The van der Waals surface area contributed by atoms with Crippen LogP contribution in [-0.4, -0.2) is 6.61 Å². The molecule has 0 unspecified atom stereocenters. The molecular formula is C9H12O. The molecule has 0 radical (unpaired) electrons. The van der Waals surface area contributed by atoms with Crippen LogP contribution in [-0.2, 0) is 4.74 Å². The van der Waals surface area contributed by atoms with E-state index in [1.807, 2.05) is 0 Å². The van der Waals surface area contributed by atoms with E-state index in [1.54, 1.807) is 0 Å². The number of hydrogen-bond donors (Lipinski definition) is 0. The first-order valence-electron chi connectivity index (χ1n) is 3.88. The highest BCUT2D eigenvalue weighted by molar-refractivity contribution is 5.30. The second kappa shape index (κ2) is 2.15. The van der Waals surface area contributed by atoms with Crippen molar-refractivity contribution in [3.8, 4) is 0 Å². The SMILES string of the molecule is CC1=CC2=C(CCO2)CC1. The summed E-state index contributed by atoms with van der Waals surface area (Å²) in [4.78, 5) is 0. The highest BCUT2D eigenvalue weighted by Gasteiger charge is 2.17. The predicted molar refractivity (Wildman–Crippen MR) is 40.6 cm³/mol. The second-order valence-corrected chi connectivity index (χ2v) is 3.06. The number of rotatable bonds is 0. The van der Waals surface area contributed by atoms with Crippen molar-refractivity contribution in [1.82, 2.24) is 0 Å². The van der Waals surface area contributed by atoms with E-state index in [2.05, 4.69) is 13.0 Å². The molecule has 0 saturated heterocycles. The Hall–Kier alpha value is -0.720. The van der Waals surface area contributed by atoms with E-state index in [-0.39, 0.29) is 0 Å². The van der Waals surface area contributed by atoms with Gasteiger partial charge in [-0.25, -0.2) is 0 Å². The Morgan fingerprint density at radius 1 is 1.30 bits per heavy atom. The van der Waals surface area contributed by atoms with Gasteiger partial charge >= 0.3 is 0 Å². The van der Waals surface area contributed by atoms with E-state index in [9.17, 15) is 0 Å². The largest absolute Gasteiger partial charge is 0.493 e. The monoisotopic (exact) mass is 136 g/mol. The van der Waals surface area contributed by atoms with Gasteiger partial charge in [0.25, 0.3) is 0 Å². The van der Waals surface area contributed by atoms with Crippen LogP contribution >= 0.6 is 0 Å². The summed E-state index contributed by atoms with van der Waals surface area (Å²) in [6.07, 6.45) is 5.82. The molecule has 10 heavy (non-hydrogen) atoms. The molecular weight excluding hydrogens is 124 g/mol. The van der Waals surface area contributed by atoms with Gasteiger partial charge in [0.05, 0.1) is 6.61 Å². The van der Waals surface area contributed by atoms with Gasteiger partial charge in [-0.3, -0.25) is 0 Å². The van der Waals surface area contributed by atoms with Crippen molar-refractivity contribution in [1.29, 1.82) is 0 Å². The smallest absolute Gasteiger partial charge is 0.118 e. The first-order valence-corrected chi connectivity index (χ1v) is 3.88. The van der Waals surface area contributed by atoms with Crippen LogP contribution in [0.5, 0.6) is 0 Å². The maximum atomic E-state index is 5.43. The van der Waals surface area contributed by atoms with Crippen LogP contribution in [0.2, 0.25) is 0 Å². The lowest BCUT2D eigenvalue weighted by atomic mass is 9.98. The van der Waals surface area contributed by atoms with Gasteiger partial charge in [-0.05, 0) is 31.4 Å². The zero-order valence-corrected chi connectivity index (χ0v) is 6.31. The van der Waals surface area contributed by atoms with E-state index in [0.29, 0.717) is 0 Å². The molecule has 0 N–H and O–H groups in total. The average molecular weight is 136 g/mol. The lowest BCUT2D eigenvalue weighted by Crippen LogP contribution is -1.92. The van der Waals surface area contributed by atoms with E-state index in [1.165, 1.54) is 36.2 Å². The van der Waals surface area contributed by atoms with Crippen LogP contribution in [0, 0.1) is 0 Å². The Morgan fingerprint density at radius 2 is 2.20 bits per heavy atom. The third-order valence-corrected chi connectivity index (χ3v) is 2.21. The molecule has 0 aromatic carbocycles. The molecule has 0 aromatic heterocycles. The maximum absolute atomic E-state index is 5.43. The second-order valence-electron chi connectivity index (χ2n) is 3.06. The molecule has 2 rings (SSSR count). The van der Waals surface area contributed by atoms with E-state index >= 15 is 0 Å². The lowest BCUT2D eigenvalue weighted by Gasteiger charge is -2.09. The first kappa shape index (κ1) is 6.02. The van der Waals surface area contributed by atoms with Crippen molar-refractivity contribution in [3.05, 3.63) is 23.0 Å². The minimum atomic E-state index is 0.911. The van der Waals surface area contributed by atoms with Gasteiger partial charge in [0, 0.05) is 6.42 Å². The number of hydrogen-bond acceptors (Lipinski definition) is 1. The Morgan fingerprint density at radius 3 is 3.10 bits per heavy atom. The fourth-order valence-electron chi connectivity index (χ4n) is 1.55. The highest BCUT2D eigenvalue weighted by atomic mass is 16.5. The highest BCUT2D eigenvalue weighted by Crippen LogP contribution is 2.30. The maximum Gasteiger partial charge on any atom is 0.118 e. The molecule has 0 bridgehead atoms. The van der Waals surface area contributed by atoms with Gasteiger partial charge < -0.3 is 4.74 Å². The van der Waals surface area contributed by atoms with Crippen LogP contribution in [0.4, 0.5) is 0 Å². The van der Waals surface area contributed by atoms with Gasteiger partial charge in [0.1, 0.15) is 5.76 Å². The lowest BCUT2D eigenvalue weighted by molar-refractivity contribution is 0.256. The van der Waals surface area contributed by atoms with E-state index < -0.39 is 0 Å². The van der Waals surface area contributed by atoms with Gasteiger partial charge in [0.2, 0.25) is 0 Å². The summed E-state index contributed by atoms with van der Waals surface area (Å²) in [5.41, 5.74) is 2.99. The number of ether oxygens (including phenoxy) is 1. The summed E-state index contributed by atoms with van der Waals surface area (Å²) in [6.45, 7) is 3.08. The molecule has 0 spiro atoms. The molecule has 0 atom stereocenters. The number of allylic oxidation sites excluding steroid dienone is 2. The standard InChI is InChI=1S/C9H12O/c1-7-2-3-8-4-5-10-9(8)6-7/h6H,2-5H2,1H3. The van der Waals surface area contributed by atoms with Crippen LogP contribution in [0.25, 0.3) is 0 Å². The molecule has 1 nitrogen and oxygen atoms in total.